The Kier molecular flexibility index (Phi) is 9.71. The molecule has 3 aromatic rings. The second kappa shape index (κ2) is 13.4. The molecule has 3 atom stereocenters. The van der Waals surface area contributed by atoms with E-state index in [9.17, 15) is 4.79 Å². The average Bonchev–Trinajstić information content (AvgIpc) is 3.41. The van der Waals surface area contributed by atoms with Crippen molar-refractivity contribution in [2.45, 2.75) is 102 Å². The molecule has 0 bridgehead atoms. The molecule has 0 spiro atoms. The number of likely N-dealkylation sites (tertiary alicyclic amines) is 1. The van der Waals surface area contributed by atoms with Gasteiger partial charge in [0.25, 0.3) is 0 Å². The summed E-state index contributed by atoms with van der Waals surface area (Å²) in [5.41, 5.74) is 2.86. The van der Waals surface area contributed by atoms with Crippen molar-refractivity contribution in [3.05, 3.63) is 58.6 Å². The number of piperidine rings is 1. The predicted octanol–water partition coefficient (Wildman–Crippen LogP) is 7.68. The van der Waals surface area contributed by atoms with Gasteiger partial charge in [-0.2, -0.15) is 5.10 Å². The van der Waals surface area contributed by atoms with Gasteiger partial charge in [-0.1, -0.05) is 43.5 Å². The summed E-state index contributed by atoms with van der Waals surface area (Å²) in [7, 11) is 1.89. The largest absolute Gasteiger partial charge is 0.446 e. The number of halogens is 2. The normalized spacial score (nSPS) is 21.6. The van der Waals surface area contributed by atoms with Gasteiger partial charge in [-0.25, -0.2) is 14.8 Å². The zero-order valence-electron chi connectivity index (χ0n) is 24.2. The lowest BCUT2D eigenvalue weighted by Gasteiger charge is -2.47. The maximum atomic E-state index is 13.5. The maximum absolute atomic E-state index is 13.5. The number of ether oxygens (including phenoxy) is 1. The minimum absolute atomic E-state index is 0.0415. The average molecular weight is 600 g/mol. The quantitative estimate of drug-likeness (QED) is 0.264. The molecular formula is C31H40Cl2N6O2. The molecule has 2 aliphatic rings. The van der Waals surface area contributed by atoms with E-state index < -0.39 is 0 Å². The van der Waals surface area contributed by atoms with E-state index in [2.05, 4.69) is 23.8 Å². The van der Waals surface area contributed by atoms with Crippen LogP contribution in [0.15, 0.2) is 43.0 Å². The minimum atomic E-state index is -0.153. The van der Waals surface area contributed by atoms with Crippen LogP contribution >= 0.6 is 23.2 Å². The van der Waals surface area contributed by atoms with Crippen molar-refractivity contribution in [3.63, 3.8) is 0 Å². The van der Waals surface area contributed by atoms with Crippen molar-refractivity contribution in [2.75, 3.05) is 4.90 Å². The van der Waals surface area contributed by atoms with Crippen molar-refractivity contribution >= 4 is 35.2 Å². The van der Waals surface area contributed by atoms with Gasteiger partial charge in [0.1, 0.15) is 6.10 Å². The van der Waals surface area contributed by atoms with Gasteiger partial charge in [-0.05, 0) is 75.1 Å². The van der Waals surface area contributed by atoms with E-state index in [-0.39, 0.29) is 30.3 Å². The molecule has 2 fully saturated rings. The third-order valence-electron chi connectivity index (χ3n) is 8.50. The zero-order valence-corrected chi connectivity index (χ0v) is 25.7. The van der Waals surface area contributed by atoms with Crippen LogP contribution in [0.2, 0.25) is 10.0 Å². The Hall–Kier alpha value is -2.84. The van der Waals surface area contributed by atoms with Crippen molar-refractivity contribution in [3.8, 4) is 11.1 Å². The molecule has 1 aromatic carbocycles. The van der Waals surface area contributed by atoms with Gasteiger partial charge in [-0.15, -0.1) is 0 Å². The van der Waals surface area contributed by atoms with E-state index in [1.807, 2.05) is 48.9 Å². The van der Waals surface area contributed by atoms with Gasteiger partial charge < -0.3 is 14.5 Å². The summed E-state index contributed by atoms with van der Waals surface area (Å²) >= 11 is 12.8. The predicted molar refractivity (Wildman–Crippen MR) is 163 cm³/mol. The van der Waals surface area contributed by atoms with Crippen LogP contribution in [-0.2, 0) is 18.3 Å². The van der Waals surface area contributed by atoms with Crippen LogP contribution in [0.1, 0.15) is 77.2 Å². The minimum Gasteiger partial charge on any atom is -0.446 e. The topological polar surface area (TPSA) is 76.4 Å². The highest BCUT2D eigenvalue weighted by atomic mass is 35.5. The number of benzene rings is 1. The van der Waals surface area contributed by atoms with Crippen LogP contribution in [0, 0.1) is 0 Å². The smallest absolute Gasteiger partial charge is 0.410 e. The number of hydrogen-bond donors (Lipinski definition) is 0. The molecule has 0 N–H and O–H groups in total. The molecular weight excluding hydrogens is 559 g/mol. The van der Waals surface area contributed by atoms with Crippen LogP contribution < -0.4 is 4.90 Å². The Balaban J connectivity index is 1.42. The number of aryl methyl sites for hydroxylation is 1. The molecule has 10 heteroatoms. The Bertz CT molecular complexity index is 1280. The van der Waals surface area contributed by atoms with Crippen molar-refractivity contribution in [1.29, 1.82) is 0 Å². The first-order valence-electron chi connectivity index (χ1n) is 14.9. The third-order valence-corrected chi connectivity index (χ3v) is 8.93. The van der Waals surface area contributed by atoms with Crippen molar-refractivity contribution in [2.24, 2.45) is 7.05 Å². The van der Waals surface area contributed by atoms with Gasteiger partial charge in [0.15, 0.2) is 0 Å². The summed E-state index contributed by atoms with van der Waals surface area (Å²) in [5, 5.41) is 5.46. The van der Waals surface area contributed by atoms with Gasteiger partial charge in [-0.3, -0.25) is 4.68 Å². The lowest BCUT2D eigenvalue weighted by Crippen LogP contribution is -2.57. The molecule has 1 saturated heterocycles. The van der Waals surface area contributed by atoms with E-state index in [0.717, 1.165) is 68.1 Å². The first-order chi connectivity index (χ1) is 19.8. The Labute approximate surface area is 253 Å². The highest BCUT2D eigenvalue weighted by Gasteiger charge is 2.41. The van der Waals surface area contributed by atoms with Crippen LogP contribution in [0.5, 0.6) is 0 Å². The highest BCUT2D eigenvalue weighted by molar-refractivity contribution is 6.34. The third kappa shape index (κ3) is 7.15. The molecule has 0 radical (unpaired) electrons. The fourth-order valence-corrected chi connectivity index (χ4v) is 6.94. The highest BCUT2D eigenvalue weighted by Crippen LogP contribution is 2.35. The molecule has 2 aromatic heterocycles. The summed E-state index contributed by atoms with van der Waals surface area (Å²) in [6.07, 6.45) is 16.1. The molecule has 5 rings (SSSR count). The Morgan fingerprint density at radius 1 is 0.951 bits per heavy atom. The first kappa shape index (κ1) is 29.6. The number of amides is 1. The van der Waals surface area contributed by atoms with Crippen molar-refractivity contribution < 1.29 is 9.53 Å². The number of hydrogen-bond acceptors (Lipinski definition) is 6. The van der Waals surface area contributed by atoms with E-state index >= 15 is 0 Å². The van der Waals surface area contributed by atoms with E-state index in [4.69, 9.17) is 37.9 Å². The monoisotopic (exact) mass is 598 g/mol. The van der Waals surface area contributed by atoms with Gasteiger partial charge in [0.2, 0.25) is 5.95 Å². The molecule has 1 aliphatic heterocycles. The number of anilines is 1. The Morgan fingerprint density at radius 2 is 1.59 bits per heavy atom. The molecule has 1 aliphatic carbocycles. The lowest BCUT2D eigenvalue weighted by atomic mass is 9.87. The zero-order chi connectivity index (χ0) is 28.9. The molecule has 1 amide bonds. The number of carbonyl (C=O) groups is 1. The number of carbonyl (C=O) groups excluding carboxylic acids is 1. The van der Waals surface area contributed by atoms with Crippen molar-refractivity contribution in [1.82, 2.24) is 24.6 Å². The lowest BCUT2D eigenvalue weighted by molar-refractivity contribution is 0.00545. The molecule has 41 heavy (non-hydrogen) atoms. The van der Waals surface area contributed by atoms with Gasteiger partial charge >= 0.3 is 6.09 Å². The van der Waals surface area contributed by atoms with Crippen LogP contribution in [-0.4, -0.2) is 55.0 Å². The second-order valence-electron chi connectivity index (χ2n) is 11.4. The van der Waals surface area contributed by atoms with E-state index in [1.165, 1.54) is 6.42 Å². The molecule has 8 nitrogen and oxygen atoms in total. The van der Waals surface area contributed by atoms with E-state index in [1.54, 1.807) is 10.7 Å². The van der Waals surface area contributed by atoms with Crippen LogP contribution in [0.25, 0.3) is 11.1 Å². The second-order valence-corrected chi connectivity index (χ2v) is 12.3. The summed E-state index contributed by atoms with van der Waals surface area (Å²) in [6, 6.07) is 5.87. The number of rotatable bonds is 8. The Morgan fingerprint density at radius 3 is 2.15 bits per heavy atom. The standard InChI is InChI=1S/C31H40Cl2N6O2/c1-4-26-14-28(15-27(5-2)39(26)31(40)41-29-9-7-6-8-10-29)38(19-21-11-24(32)13-25(33)12-21)30-34-16-22(17-35-30)23-18-36-37(3)20-23/h11-13,16-18,20,26-29H,4-10,14-15,19H2,1-3H3/t26-,27+,28?. The van der Waals surface area contributed by atoms with E-state index in [0.29, 0.717) is 22.5 Å². The summed E-state index contributed by atoms with van der Waals surface area (Å²) < 4.78 is 7.83. The summed E-state index contributed by atoms with van der Waals surface area (Å²) in [6.45, 7) is 4.86. The maximum Gasteiger partial charge on any atom is 0.410 e. The molecule has 1 saturated carbocycles. The number of aromatic nitrogens is 4. The van der Waals surface area contributed by atoms with Gasteiger partial charge in [0.05, 0.1) is 6.20 Å². The summed E-state index contributed by atoms with van der Waals surface area (Å²) in [4.78, 5) is 27.4. The van der Waals surface area contributed by atoms with Gasteiger partial charge in [0, 0.05) is 71.5 Å². The molecule has 3 heterocycles. The fourth-order valence-electron chi connectivity index (χ4n) is 6.37. The fraction of sp³-hybridized carbons (Fsp3) is 0.548. The SMILES string of the molecule is CC[C@@H]1CC(N(Cc2cc(Cl)cc(Cl)c2)c2ncc(-c3cnn(C)c3)cn2)C[C@H](CC)N1C(=O)OC1CCCCC1. The van der Waals surface area contributed by atoms with Crippen LogP contribution in [0.4, 0.5) is 10.7 Å². The van der Waals surface area contributed by atoms with Crippen LogP contribution in [0.3, 0.4) is 0 Å². The molecule has 220 valence electrons. The summed E-state index contributed by atoms with van der Waals surface area (Å²) in [5.74, 6) is 0.640. The first-order valence-corrected chi connectivity index (χ1v) is 15.6. The molecule has 1 unspecified atom stereocenters. The number of nitrogens with zero attached hydrogens (tertiary/aromatic N) is 6.